The minimum atomic E-state index is -4.60. The number of aryl methyl sites for hydroxylation is 1. The Morgan fingerprint density at radius 3 is 2.44 bits per heavy atom. The number of hydrogen-bond acceptors (Lipinski definition) is 2. The zero-order valence-electron chi connectivity index (χ0n) is 14.3. The maximum atomic E-state index is 13.6. The van der Waals surface area contributed by atoms with Crippen LogP contribution < -0.4 is 0 Å². The summed E-state index contributed by atoms with van der Waals surface area (Å²) in [5, 5.41) is 8.74. The molecule has 1 unspecified atom stereocenters. The molecule has 0 amide bonds. The summed E-state index contributed by atoms with van der Waals surface area (Å²) in [5.41, 5.74) is 0.349. The average molecular weight is 419 g/mol. The lowest BCUT2D eigenvalue weighted by molar-refractivity contribution is -0.139. The van der Waals surface area contributed by atoms with E-state index >= 15 is 0 Å². The summed E-state index contributed by atoms with van der Waals surface area (Å²) >= 11 is 6.88. The maximum absolute atomic E-state index is 13.6. The molecule has 0 aliphatic carbocycles. The van der Waals surface area contributed by atoms with Crippen LogP contribution in [0.4, 0.5) is 17.6 Å². The molecule has 2 aromatic carbocycles. The van der Waals surface area contributed by atoms with Gasteiger partial charge in [0.2, 0.25) is 0 Å². The minimum Gasteiger partial charge on any atom is -0.478 e. The number of allylic oxidation sites excluding steroid dienone is 1. The third-order valence-electron chi connectivity index (χ3n) is 3.88. The molecule has 0 aliphatic rings. The lowest BCUT2D eigenvalue weighted by Gasteiger charge is -2.18. The van der Waals surface area contributed by atoms with Gasteiger partial charge in [-0.15, -0.1) is 11.8 Å². The summed E-state index contributed by atoms with van der Waals surface area (Å²) < 4.78 is 54.2. The van der Waals surface area contributed by atoms with E-state index in [0.29, 0.717) is 10.5 Å². The molecule has 0 aliphatic heterocycles. The van der Waals surface area contributed by atoms with Gasteiger partial charge in [-0.25, -0.2) is 9.18 Å². The largest absolute Gasteiger partial charge is 0.478 e. The monoisotopic (exact) mass is 418 g/mol. The molecule has 0 radical (unpaired) electrons. The molecule has 0 saturated carbocycles. The van der Waals surface area contributed by atoms with Crippen LogP contribution in [-0.4, -0.2) is 23.5 Å². The Bertz CT molecular complexity index is 871. The summed E-state index contributed by atoms with van der Waals surface area (Å²) in [5.74, 6) is -3.84. The minimum absolute atomic E-state index is 0.0237. The van der Waals surface area contributed by atoms with Crippen molar-refractivity contribution in [3.8, 4) is 0 Å². The van der Waals surface area contributed by atoms with Crippen LogP contribution in [0.2, 0.25) is 5.02 Å². The molecule has 2 aromatic rings. The molecule has 1 atom stereocenters. The number of carboxylic acid groups (broad SMARTS) is 1. The molecule has 0 heterocycles. The van der Waals surface area contributed by atoms with Crippen molar-refractivity contribution in [2.45, 2.75) is 23.9 Å². The van der Waals surface area contributed by atoms with Gasteiger partial charge in [0.05, 0.1) is 16.5 Å². The second-order valence-corrected chi connectivity index (χ2v) is 7.03. The van der Waals surface area contributed by atoms with Crippen molar-refractivity contribution in [2.24, 2.45) is 0 Å². The number of carboxylic acids is 1. The molecule has 0 fully saturated rings. The first-order valence-electron chi connectivity index (χ1n) is 7.66. The van der Waals surface area contributed by atoms with Gasteiger partial charge in [0, 0.05) is 4.90 Å². The van der Waals surface area contributed by atoms with Crippen LogP contribution in [0.3, 0.4) is 0 Å². The number of rotatable bonds is 5. The normalized spacial score (nSPS) is 13.1. The smallest absolute Gasteiger partial charge is 0.399 e. The van der Waals surface area contributed by atoms with Crippen LogP contribution >= 0.6 is 23.4 Å². The summed E-state index contributed by atoms with van der Waals surface area (Å²) in [4.78, 5) is 11.6. The molecule has 0 spiro atoms. The van der Waals surface area contributed by atoms with Crippen molar-refractivity contribution < 1.29 is 27.5 Å². The molecule has 2 nitrogen and oxygen atoms in total. The summed E-state index contributed by atoms with van der Waals surface area (Å²) in [7, 11) is 0. The zero-order chi connectivity index (χ0) is 20.4. The van der Waals surface area contributed by atoms with E-state index in [2.05, 4.69) is 0 Å². The lowest BCUT2D eigenvalue weighted by atomic mass is 9.95. The highest BCUT2D eigenvalue weighted by molar-refractivity contribution is 7.98. The maximum Gasteiger partial charge on any atom is 0.399 e. The number of alkyl halides is 3. The van der Waals surface area contributed by atoms with Gasteiger partial charge < -0.3 is 5.11 Å². The van der Waals surface area contributed by atoms with E-state index in [-0.39, 0.29) is 21.7 Å². The Morgan fingerprint density at radius 2 is 1.93 bits per heavy atom. The van der Waals surface area contributed by atoms with Crippen molar-refractivity contribution >= 4 is 35.4 Å². The van der Waals surface area contributed by atoms with Crippen molar-refractivity contribution in [3.63, 3.8) is 0 Å². The second-order valence-electron chi connectivity index (χ2n) is 5.78. The summed E-state index contributed by atoms with van der Waals surface area (Å²) in [6.45, 7) is 1.34. The van der Waals surface area contributed by atoms with Gasteiger partial charge in [0.1, 0.15) is 5.82 Å². The van der Waals surface area contributed by atoms with Crippen molar-refractivity contribution in [1.82, 2.24) is 0 Å². The number of halogens is 5. The Kier molecular flexibility index (Phi) is 6.59. The van der Waals surface area contributed by atoms with Crippen LogP contribution in [0.5, 0.6) is 0 Å². The fourth-order valence-electron chi connectivity index (χ4n) is 2.54. The molecule has 2 rings (SSSR count). The van der Waals surface area contributed by atoms with Gasteiger partial charge >= 0.3 is 12.1 Å². The number of thioether (sulfide) groups is 1. The molecular formula is C19H15ClF4O2S. The van der Waals surface area contributed by atoms with Crippen molar-refractivity contribution in [1.29, 1.82) is 0 Å². The van der Waals surface area contributed by atoms with E-state index in [4.69, 9.17) is 16.7 Å². The molecule has 27 heavy (non-hydrogen) atoms. The third kappa shape index (κ3) is 5.05. The Morgan fingerprint density at radius 1 is 1.26 bits per heavy atom. The molecular weight excluding hydrogens is 404 g/mol. The lowest BCUT2D eigenvalue weighted by Crippen LogP contribution is -2.19. The van der Waals surface area contributed by atoms with Crippen LogP contribution in [0.15, 0.2) is 41.3 Å². The van der Waals surface area contributed by atoms with Crippen LogP contribution in [0.1, 0.15) is 33.0 Å². The Hall–Kier alpha value is -1.99. The highest BCUT2D eigenvalue weighted by atomic mass is 35.5. The summed E-state index contributed by atoms with van der Waals surface area (Å²) in [6, 6.07) is 6.35. The van der Waals surface area contributed by atoms with Crippen LogP contribution in [0.25, 0.3) is 6.08 Å². The molecule has 144 valence electrons. The highest BCUT2D eigenvalue weighted by Crippen LogP contribution is 2.38. The molecule has 8 heteroatoms. The third-order valence-corrected chi connectivity index (χ3v) is 4.93. The van der Waals surface area contributed by atoms with Gasteiger partial charge in [0.25, 0.3) is 0 Å². The van der Waals surface area contributed by atoms with Crippen molar-refractivity contribution in [2.75, 3.05) is 6.26 Å². The predicted molar refractivity (Wildman–Crippen MR) is 99.2 cm³/mol. The number of carbonyl (C=O) groups is 1. The first kappa shape index (κ1) is 21.3. The molecule has 0 aromatic heterocycles. The van der Waals surface area contributed by atoms with E-state index in [1.165, 1.54) is 43.0 Å². The quantitative estimate of drug-likeness (QED) is 0.441. The van der Waals surface area contributed by atoms with Gasteiger partial charge in [-0.3, -0.25) is 0 Å². The van der Waals surface area contributed by atoms with Gasteiger partial charge in [0.15, 0.2) is 0 Å². The topological polar surface area (TPSA) is 37.3 Å². The van der Waals surface area contributed by atoms with E-state index in [1.54, 1.807) is 6.26 Å². The van der Waals surface area contributed by atoms with E-state index < -0.39 is 23.9 Å². The zero-order valence-corrected chi connectivity index (χ0v) is 15.8. The van der Waals surface area contributed by atoms with E-state index in [9.17, 15) is 22.4 Å². The number of aromatic carboxylic acids is 1. The Balaban J connectivity index is 2.45. The highest BCUT2D eigenvalue weighted by Gasteiger charge is 2.39. The van der Waals surface area contributed by atoms with E-state index in [1.807, 2.05) is 0 Å². The average Bonchev–Trinajstić information content (AvgIpc) is 2.58. The number of hydrogen-bond donors (Lipinski definition) is 1. The SMILES string of the molecule is CSc1cc(/C=C/C(c2cc(C)c(F)c(Cl)c2)C(F)(F)F)ccc1C(=O)O. The second kappa shape index (κ2) is 8.35. The molecule has 0 saturated heterocycles. The van der Waals surface area contributed by atoms with Crippen molar-refractivity contribution in [3.05, 3.63) is 69.5 Å². The first-order valence-corrected chi connectivity index (χ1v) is 9.26. The number of benzene rings is 2. The van der Waals surface area contributed by atoms with Gasteiger partial charge in [-0.1, -0.05) is 35.9 Å². The fraction of sp³-hybridized carbons (Fsp3) is 0.211. The van der Waals surface area contributed by atoms with Gasteiger partial charge in [-0.05, 0) is 48.1 Å². The van der Waals surface area contributed by atoms with Crippen LogP contribution in [-0.2, 0) is 0 Å². The fourth-order valence-corrected chi connectivity index (χ4v) is 3.44. The molecule has 1 N–H and O–H groups in total. The Labute approximate surface area is 162 Å². The van der Waals surface area contributed by atoms with Gasteiger partial charge in [-0.2, -0.15) is 13.2 Å². The first-order chi connectivity index (χ1) is 12.5. The predicted octanol–water partition coefficient (Wildman–Crippen LogP) is 6.57. The molecule has 0 bridgehead atoms. The van der Waals surface area contributed by atoms with E-state index in [0.717, 1.165) is 18.2 Å². The summed E-state index contributed by atoms with van der Waals surface area (Å²) in [6.07, 6.45) is -0.719. The standard InChI is InChI=1S/C19H15ClF4O2S/c1-10-7-12(9-15(20)17(10)21)14(19(22,23)24)6-4-11-3-5-13(18(25)26)16(8-11)27-2/h3-9,14H,1-2H3,(H,25,26)/b6-4+. The van der Waals surface area contributed by atoms with Crippen LogP contribution in [0, 0.1) is 12.7 Å².